The van der Waals surface area contributed by atoms with E-state index in [-0.39, 0.29) is 10.8 Å². The molecule has 0 aliphatic rings. The second-order valence-electron chi connectivity index (χ2n) is 6.78. The lowest BCUT2D eigenvalue weighted by molar-refractivity contribution is 0.577. The minimum atomic E-state index is -0.491. The number of hydrogen-bond donors (Lipinski definition) is 0. The van der Waals surface area contributed by atoms with Gasteiger partial charge in [-0.25, -0.2) is 0 Å². The Balaban J connectivity index is 5.42. The second-order valence-corrected chi connectivity index (χ2v) is 9.34. The van der Waals surface area contributed by atoms with Gasteiger partial charge in [-0.05, 0) is 12.6 Å². The monoisotopic (exact) mass is 356 g/mol. The van der Waals surface area contributed by atoms with Crippen molar-refractivity contribution in [3.8, 4) is 0 Å². The van der Waals surface area contributed by atoms with Crippen molar-refractivity contribution in [1.82, 2.24) is 0 Å². The fourth-order valence-corrected chi connectivity index (χ4v) is 1.99. The van der Waals surface area contributed by atoms with E-state index < -0.39 is 11.1 Å². The van der Waals surface area contributed by atoms with Crippen LogP contribution in [-0.4, -0.2) is 22.5 Å². The van der Waals surface area contributed by atoms with Crippen molar-refractivity contribution in [2.24, 2.45) is 21.0 Å². The molecule has 0 radical (unpaired) electrons. The molecule has 0 N–H and O–H groups in total. The Morgan fingerprint density at radius 1 is 0.700 bits per heavy atom. The molecule has 0 aromatic rings. The lowest BCUT2D eigenvalue weighted by atomic mass is 9.80. The Kier molecular flexibility index (Phi) is 8.57. The summed E-state index contributed by atoms with van der Waals surface area (Å²) in [5, 5.41) is 8.75. The molecule has 0 aliphatic heterocycles. The summed E-state index contributed by atoms with van der Waals surface area (Å²) < 4.78 is 0. The largest absolute Gasteiger partial charge is 0.357 e. The molecule has 0 atom stereocenters. The van der Waals surface area contributed by atoms with Crippen LogP contribution in [0, 0.1) is 10.8 Å². The van der Waals surface area contributed by atoms with Crippen molar-refractivity contribution in [2.45, 2.75) is 54.2 Å². The third-order valence-electron chi connectivity index (χ3n) is 2.72. The molecule has 0 spiro atoms. The van der Waals surface area contributed by atoms with E-state index in [0.29, 0.717) is 12.6 Å². The van der Waals surface area contributed by atoms with Gasteiger partial charge in [0.25, 0.3) is 0 Å². The highest BCUT2D eigenvalue weighted by Gasteiger charge is 2.25. The molecule has 0 unspecified atom stereocenters. The predicted molar refractivity (Wildman–Crippen MR) is 98.3 cm³/mol. The molecule has 0 heterocycles. The zero-order valence-electron chi connectivity index (χ0n) is 13.0. The molecule has 0 amide bonds. The highest BCUT2D eigenvalue weighted by atomic mass is 35.5. The molecule has 0 saturated heterocycles. The van der Waals surface area contributed by atoms with Gasteiger partial charge in [0.15, 0.2) is 0 Å². The van der Waals surface area contributed by atoms with Crippen molar-refractivity contribution < 1.29 is 0 Å². The minimum absolute atomic E-state index is 0.143. The van der Waals surface area contributed by atoms with Gasteiger partial charge >= 0.3 is 11.1 Å². The van der Waals surface area contributed by atoms with Crippen LogP contribution in [0.25, 0.3) is 0 Å². The average molecular weight is 358 g/mol. The van der Waals surface area contributed by atoms with Crippen LogP contribution in [0.2, 0.25) is 12.6 Å². The third-order valence-corrected chi connectivity index (χ3v) is 3.34. The van der Waals surface area contributed by atoms with E-state index in [0.717, 1.165) is 11.4 Å². The van der Waals surface area contributed by atoms with Crippen molar-refractivity contribution in [2.75, 3.05) is 0 Å². The summed E-state index contributed by atoms with van der Waals surface area (Å²) in [5.41, 5.74) is 0.445. The van der Waals surface area contributed by atoms with Crippen LogP contribution in [0.4, 0.5) is 0 Å². The highest BCUT2D eigenvalue weighted by Crippen LogP contribution is 2.25. The Hall–Kier alpha value is 0.630. The molecule has 0 aliphatic carbocycles. The van der Waals surface area contributed by atoms with Gasteiger partial charge in [0, 0.05) is 22.3 Å². The van der Waals surface area contributed by atoms with Crippen molar-refractivity contribution >= 4 is 68.4 Å². The standard InChI is InChI=1S/C12H22B2Cl4N2/c1-11(2,3)9(7-13(15)16)19-20-10(8-14(17)18)12(4,5)6/h7-8H2,1-6H3/b19-9-,20-10-. The average Bonchev–Trinajstić information content (AvgIpc) is 2.17. The number of halogens is 4. The zero-order valence-corrected chi connectivity index (χ0v) is 16.0. The molecular weight excluding hydrogens is 336 g/mol. The van der Waals surface area contributed by atoms with E-state index in [9.17, 15) is 0 Å². The maximum absolute atomic E-state index is 5.86. The van der Waals surface area contributed by atoms with Gasteiger partial charge in [-0.1, -0.05) is 41.5 Å². The van der Waals surface area contributed by atoms with Crippen LogP contribution in [-0.2, 0) is 0 Å². The summed E-state index contributed by atoms with van der Waals surface area (Å²) in [5.74, 6) is 0. The SMILES string of the molecule is CC(C)(C)/C(CB(Cl)Cl)=N\N=C(\CB(Cl)Cl)C(C)(C)C. The highest BCUT2D eigenvalue weighted by molar-refractivity contribution is 7.35. The van der Waals surface area contributed by atoms with Crippen molar-refractivity contribution in [3.05, 3.63) is 0 Å². The first-order valence-electron chi connectivity index (χ1n) is 6.54. The summed E-state index contributed by atoms with van der Waals surface area (Å²) in [6, 6.07) is 0. The first-order valence-corrected chi connectivity index (χ1v) is 8.29. The number of nitrogens with zero attached hydrogens (tertiary/aromatic N) is 2. The number of hydrogen-bond acceptors (Lipinski definition) is 2. The van der Waals surface area contributed by atoms with Gasteiger partial charge in [-0.2, -0.15) is 56.0 Å². The quantitative estimate of drug-likeness (QED) is 0.337. The molecule has 0 saturated carbocycles. The molecule has 114 valence electrons. The van der Waals surface area contributed by atoms with Crippen molar-refractivity contribution in [3.63, 3.8) is 0 Å². The van der Waals surface area contributed by atoms with Crippen LogP contribution < -0.4 is 0 Å². The first-order chi connectivity index (χ1) is 8.84. The maximum Gasteiger partial charge on any atom is 0.357 e. The van der Waals surface area contributed by atoms with Crippen LogP contribution in [0.1, 0.15) is 41.5 Å². The molecule has 8 heteroatoms. The molecule has 0 aromatic carbocycles. The zero-order chi connectivity index (χ0) is 16.1. The Labute approximate surface area is 143 Å². The van der Waals surface area contributed by atoms with E-state index in [2.05, 4.69) is 51.7 Å². The molecule has 0 rings (SSSR count). The molecule has 20 heavy (non-hydrogen) atoms. The second kappa shape index (κ2) is 8.31. The van der Waals surface area contributed by atoms with Crippen molar-refractivity contribution in [1.29, 1.82) is 0 Å². The summed E-state index contributed by atoms with van der Waals surface area (Å²) in [6.45, 7) is 12.3. The van der Waals surface area contributed by atoms with Gasteiger partial charge in [-0.15, -0.1) is 0 Å². The molecule has 0 bridgehead atoms. The van der Waals surface area contributed by atoms with E-state index in [4.69, 9.17) is 45.8 Å². The van der Waals surface area contributed by atoms with Gasteiger partial charge in [0.1, 0.15) is 0 Å². The van der Waals surface area contributed by atoms with Crippen LogP contribution in [0.5, 0.6) is 0 Å². The van der Waals surface area contributed by atoms with Crippen LogP contribution >= 0.6 is 45.8 Å². The molecule has 0 fully saturated rings. The molecular formula is C12H22B2Cl4N2. The Morgan fingerprint density at radius 2 is 0.950 bits per heavy atom. The summed E-state index contributed by atoms with van der Waals surface area (Å²) >= 11 is 23.4. The topological polar surface area (TPSA) is 24.7 Å². The fourth-order valence-electron chi connectivity index (χ4n) is 1.41. The Bertz CT molecular complexity index is 333. The van der Waals surface area contributed by atoms with E-state index in [1.165, 1.54) is 0 Å². The first kappa shape index (κ1) is 20.6. The van der Waals surface area contributed by atoms with Gasteiger partial charge < -0.3 is 0 Å². The van der Waals surface area contributed by atoms with Gasteiger partial charge in [0.05, 0.1) is 0 Å². The fraction of sp³-hybridized carbons (Fsp3) is 0.833. The number of rotatable bonds is 5. The van der Waals surface area contributed by atoms with Gasteiger partial charge in [0.2, 0.25) is 0 Å². The Morgan fingerprint density at radius 3 is 1.10 bits per heavy atom. The third kappa shape index (κ3) is 8.81. The lowest BCUT2D eigenvalue weighted by Gasteiger charge is -2.23. The molecule has 2 nitrogen and oxygen atoms in total. The maximum atomic E-state index is 5.86. The lowest BCUT2D eigenvalue weighted by Crippen LogP contribution is -2.25. The smallest absolute Gasteiger partial charge is 0.171 e. The van der Waals surface area contributed by atoms with E-state index >= 15 is 0 Å². The van der Waals surface area contributed by atoms with E-state index in [1.54, 1.807) is 0 Å². The normalized spacial score (nSPS) is 14.5. The van der Waals surface area contributed by atoms with Crippen LogP contribution in [0.3, 0.4) is 0 Å². The van der Waals surface area contributed by atoms with Gasteiger partial charge in [-0.3, -0.25) is 0 Å². The van der Waals surface area contributed by atoms with E-state index in [1.807, 2.05) is 0 Å². The predicted octanol–water partition coefficient (Wildman–Crippen LogP) is 5.81. The summed E-state index contributed by atoms with van der Waals surface area (Å²) in [6.07, 6.45) is 0.970. The summed E-state index contributed by atoms with van der Waals surface area (Å²) in [4.78, 5) is 0. The minimum Gasteiger partial charge on any atom is -0.171 e. The molecule has 0 aromatic heterocycles. The summed E-state index contributed by atoms with van der Waals surface area (Å²) in [7, 11) is 0. The van der Waals surface area contributed by atoms with Crippen LogP contribution in [0.15, 0.2) is 10.2 Å².